The third-order valence-corrected chi connectivity index (χ3v) is 20.7. The van der Waals surface area contributed by atoms with Crippen LogP contribution in [0, 0.1) is 21.7 Å². The number of aromatic amines is 3. The van der Waals surface area contributed by atoms with E-state index in [1.807, 2.05) is 83.1 Å². The lowest BCUT2D eigenvalue weighted by Gasteiger charge is -2.32. The van der Waals surface area contributed by atoms with Gasteiger partial charge >= 0.3 is 42.9 Å². The van der Waals surface area contributed by atoms with Gasteiger partial charge in [-0.1, -0.05) is 83.1 Å². The molecule has 34 nitrogen and oxygen atoms in total. The third kappa shape index (κ3) is 30.0. The number of nitrogen functional groups attached to an aromatic ring is 1. The number of nitrogens with zero attached hydrogens (tertiary/aromatic N) is 5. The zero-order valence-electron chi connectivity index (χ0n) is 66.0. The second-order valence-corrected chi connectivity index (χ2v) is 43.9. The zero-order valence-corrected chi connectivity index (χ0v) is 71.2. The monoisotopic (exact) mass is 1650 g/mol. The van der Waals surface area contributed by atoms with Gasteiger partial charge in [0.2, 0.25) is 0 Å². The Morgan fingerprint density at radius 3 is 0.852 bits per heavy atom. The van der Waals surface area contributed by atoms with Gasteiger partial charge in [-0.3, -0.25) is 61.2 Å². The first-order valence-electron chi connectivity index (χ1n) is 35.1. The number of ether oxygens (including phenoxy) is 5. The van der Waals surface area contributed by atoms with Crippen molar-refractivity contribution in [2.24, 2.45) is 21.7 Å². The predicted octanol–water partition coefficient (Wildman–Crippen LogP) is 6.65. The molecule has 0 aromatic carbocycles. The van der Waals surface area contributed by atoms with Crippen LogP contribution in [-0.4, -0.2) is 169 Å². The van der Waals surface area contributed by atoms with Crippen LogP contribution in [0.4, 0.5) is 5.82 Å². The standard InChI is InChI=1S/C17H30N3O6PS.2C17H29N2O7PS.C17H28N2O5/c1-16(2,3)9-10-13(25-27(23,28)26-17(4,5)6)12(21)14(24-10)20-8-7-11(18)19-15(20)22;2*1-16(2,3)9-10-13(25-27(23,28)26-17(4,5)6)12(21)14(24-10)19-8-7-11(20)18-15(19)22;1-16(2,3)9-10-13(24-17(4,5)6)12(21)14(23-10)19-8-7-11(20)18-15(19)22/h7-8,10,12-14,21H,9H2,1-6H3,(H,23,28)(H2,18,19,22);2*7-8,10,12-14,21H,9H2,1-6H3,(H,23,28)(H,18,20,22);7-8,10,12-14,21H,9H2,1-6H3,(H,18,20,22)/t3*10-,12?,13+,14-,27?;10-,12?,13+,14-/m1111/s1. The highest BCUT2D eigenvalue weighted by Crippen LogP contribution is 2.55. The average Bonchev–Trinajstić information content (AvgIpc) is 1.65. The third-order valence-electron chi connectivity index (χ3n) is 15.4. The minimum Gasteiger partial charge on any atom is -0.386 e. The van der Waals surface area contributed by atoms with E-state index >= 15 is 0 Å². The molecule has 40 heteroatoms. The fourth-order valence-corrected chi connectivity index (χ4v) is 18.7. The summed E-state index contributed by atoms with van der Waals surface area (Å²) in [7, 11) is 0. The summed E-state index contributed by atoms with van der Waals surface area (Å²) in [6.07, 6.45) is -7.61. The lowest BCUT2D eigenvalue weighted by atomic mass is 9.87. The van der Waals surface area contributed by atoms with Crippen molar-refractivity contribution < 1.29 is 85.9 Å². The normalized spacial score (nSPS) is 28.3. The highest BCUT2D eigenvalue weighted by Gasteiger charge is 2.54. The van der Waals surface area contributed by atoms with E-state index in [0.717, 1.165) is 25.8 Å². The van der Waals surface area contributed by atoms with Crippen LogP contribution >= 0.6 is 20.2 Å². The maximum atomic E-state index is 12.2. The van der Waals surface area contributed by atoms with Gasteiger partial charge in [-0.15, -0.1) is 0 Å². The van der Waals surface area contributed by atoms with Gasteiger partial charge in [0.15, 0.2) is 24.9 Å². The number of aromatic nitrogens is 8. The number of nitrogens with one attached hydrogen (secondary N) is 3. The van der Waals surface area contributed by atoms with Crippen molar-refractivity contribution in [2.75, 3.05) is 5.73 Å². The van der Waals surface area contributed by atoms with E-state index in [1.54, 1.807) is 62.3 Å². The van der Waals surface area contributed by atoms with Gasteiger partial charge in [0.25, 0.3) is 16.7 Å². The first-order valence-corrected chi connectivity index (χ1v) is 42.9. The molecule has 0 spiro atoms. The van der Waals surface area contributed by atoms with Gasteiger partial charge < -0.3 is 78.1 Å². The lowest BCUT2D eigenvalue weighted by molar-refractivity contribution is -0.117. The molecular formula is C68H116N9O25P3S3. The fourth-order valence-electron chi connectivity index (χ4n) is 11.9. The predicted molar refractivity (Wildman–Crippen MR) is 414 cm³/mol. The fraction of sp³-hybridized carbons (Fsp3) is 0.765. The number of aliphatic hydroxyl groups is 4. The van der Waals surface area contributed by atoms with E-state index in [0.29, 0.717) is 25.7 Å². The number of rotatable bonds is 18. The van der Waals surface area contributed by atoms with Gasteiger partial charge in [-0.05, 0) is 172 Å². The van der Waals surface area contributed by atoms with Gasteiger partial charge in [0.1, 0.15) is 54.6 Å². The molecule has 108 heavy (non-hydrogen) atoms. The minimum atomic E-state index is -3.69. The van der Waals surface area contributed by atoms with Crippen molar-refractivity contribution in [2.45, 2.75) is 312 Å². The number of nitrogens with two attached hydrogens (primary N) is 1. The Kier molecular flexibility index (Phi) is 31.3. The Bertz CT molecular complexity index is 4120. The van der Waals surface area contributed by atoms with E-state index in [4.69, 9.17) is 92.0 Å². The molecule has 4 aliphatic heterocycles. The highest BCUT2D eigenvalue weighted by molar-refractivity contribution is 8.07. The average molecular weight is 1650 g/mol. The number of hydrogen-bond acceptors (Lipinski definition) is 27. The van der Waals surface area contributed by atoms with Crippen LogP contribution in [0.25, 0.3) is 0 Å². The molecule has 0 aliphatic carbocycles. The molecule has 8 rings (SSSR count). The van der Waals surface area contributed by atoms with E-state index in [-0.39, 0.29) is 33.6 Å². The first-order chi connectivity index (χ1) is 48.6. The number of anilines is 1. The van der Waals surface area contributed by atoms with Gasteiger partial charge in [0, 0.05) is 43.0 Å². The van der Waals surface area contributed by atoms with Crippen LogP contribution in [0.3, 0.4) is 0 Å². The molecule has 0 amide bonds. The molecule has 4 fully saturated rings. The second kappa shape index (κ2) is 35.8. The van der Waals surface area contributed by atoms with Crippen LogP contribution in [0.1, 0.15) is 217 Å². The summed E-state index contributed by atoms with van der Waals surface area (Å²) in [4.78, 5) is 124. The van der Waals surface area contributed by atoms with Crippen molar-refractivity contribution in [3.63, 3.8) is 0 Å². The van der Waals surface area contributed by atoms with Crippen LogP contribution in [0.2, 0.25) is 0 Å². The Balaban J connectivity index is 0.000000259. The minimum absolute atomic E-state index is 0.0330. The zero-order chi connectivity index (χ0) is 82.8. The van der Waals surface area contributed by atoms with Crippen molar-refractivity contribution >= 4 is 61.4 Å². The summed E-state index contributed by atoms with van der Waals surface area (Å²) in [6.45, 7) is 34.4. The van der Waals surface area contributed by atoms with Gasteiger partial charge in [-0.2, -0.15) is 4.98 Å². The summed E-state index contributed by atoms with van der Waals surface area (Å²) in [5.74, 6) is 0.0669. The molecule has 4 saturated heterocycles. The highest BCUT2D eigenvalue weighted by atomic mass is 32.5. The smallest absolute Gasteiger partial charge is 0.351 e. The van der Waals surface area contributed by atoms with Crippen molar-refractivity contribution in [1.29, 1.82) is 0 Å². The Hall–Kier alpha value is -4.05. The summed E-state index contributed by atoms with van der Waals surface area (Å²) in [6, 6.07) is 4.98. The van der Waals surface area contributed by atoms with Crippen molar-refractivity contribution in [3.8, 4) is 0 Å². The summed E-state index contributed by atoms with van der Waals surface area (Å²) < 4.78 is 67.7. The van der Waals surface area contributed by atoms with Crippen LogP contribution in [0.15, 0.2) is 82.6 Å². The maximum absolute atomic E-state index is 12.2. The number of aliphatic hydroxyl groups excluding tert-OH is 4. The SMILES string of the molecule is CC(C)(C)C[C@H]1O[C@@H](n2ccc(=O)[nH]c2=O)C(O)[C@H]1OC(C)(C)C.CC(C)(C)C[C@H]1O[C@@H](n2ccc(=O)[nH]c2=O)C(O)[C@H]1OP(O)(=S)OC(C)(C)C.CC(C)(C)C[C@H]1O[C@@H](n2ccc(=O)[nH]c2=O)C(O)[C@H]1OP(O)(=S)OC(C)(C)C.CC(C)(C)C[C@H]1O[C@@H](n2ccc(N)nc2=O)C(O)[C@H]1OP(O)(=S)OC(C)(C)C. The Morgan fingerprint density at radius 2 is 0.630 bits per heavy atom. The van der Waals surface area contributed by atoms with Crippen molar-refractivity contribution in [3.05, 3.63) is 122 Å². The summed E-state index contributed by atoms with van der Waals surface area (Å²) in [5, 5.41) is 43.2. The Morgan fingerprint density at radius 1 is 0.398 bits per heavy atom. The Labute approximate surface area is 644 Å². The van der Waals surface area contributed by atoms with E-state index in [2.05, 4.69) is 40.7 Å². The summed E-state index contributed by atoms with van der Waals surface area (Å²) in [5.41, 5.74) is -2.07. The molecule has 4 aromatic heterocycles. The topological polar surface area (TPSA) is 469 Å². The molecule has 0 saturated carbocycles. The van der Waals surface area contributed by atoms with Gasteiger partial charge in [-0.25, -0.2) is 19.2 Å². The maximum Gasteiger partial charge on any atom is 0.351 e. The molecule has 0 bridgehead atoms. The molecule has 616 valence electrons. The molecule has 0 radical (unpaired) electrons. The lowest BCUT2D eigenvalue weighted by Crippen LogP contribution is -2.42. The van der Waals surface area contributed by atoms with Crippen LogP contribution in [0.5, 0.6) is 0 Å². The molecule has 4 aliphatic rings. The molecule has 12 N–H and O–H groups in total. The van der Waals surface area contributed by atoms with E-state index in [1.165, 1.54) is 41.5 Å². The van der Waals surface area contributed by atoms with Crippen LogP contribution < -0.4 is 45.2 Å². The molecule has 4 aromatic rings. The van der Waals surface area contributed by atoms with E-state index in [9.17, 15) is 68.7 Å². The van der Waals surface area contributed by atoms with Gasteiger partial charge in [0.05, 0.1) is 46.8 Å². The summed E-state index contributed by atoms with van der Waals surface area (Å²) >= 11 is 15.4. The molecule has 8 heterocycles. The first kappa shape index (κ1) is 94.5. The molecular weight excluding hydrogens is 1530 g/mol. The molecule has 7 unspecified atom stereocenters. The largest absolute Gasteiger partial charge is 0.386 e. The number of hydrogen-bond donors (Lipinski definition) is 11. The number of H-pyrrole nitrogens is 3. The van der Waals surface area contributed by atoms with Crippen LogP contribution in [-0.2, 0) is 86.2 Å². The quantitative estimate of drug-likeness (QED) is 0.0464. The van der Waals surface area contributed by atoms with Crippen molar-refractivity contribution in [1.82, 2.24) is 38.2 Å². The second-order valence-electron chi connectivity index (χ2n) is 35.8. The molecule has 19 atom stereocenters. The van der Waals surface area contributed by atoms with E-state index < -0.39 is 174 Å².